The molecule has 0 N–H and O–H groups in total. The van der Waals surface area contributed by atoms with Gasteiger partial charge in [-0.1, -0.05) is 50.3 Å². The molecule has 0 spiro atoms. The van der Waals surface area contributed by atoms with E-state index in [2.05, 4.69) is 19.1 Å². The minimum Gasteiger partial charge on any atom is -0.201 e. The lowest BCUT2D eigenvalue weighted by atomic mass is 10.0. The van der Waals surface area contributed by atoms with Crippen LogP contribution in [0.1, 0.15) is 37.8 Å². The topological polar surface area (TPSA) is 0 Å². The van der Waals surface area contributed by atoms with E-state index in [1.807, 2.05) is 0 Å². The standard InChI is InChI=1S/C14H18F2/c1-3-5-6-7-12-8-10-13(11-9-12)14(15,16)4-2/h5-6,8-11H,3-4,7H2,1-2H3/b6-5+. The molecule has 1 aromatic carbocycles. The second kappa shape index (κ2) is 5.78. The van der Waals surface area contributed by atoms with Crippen LogP contribution in [-0.4, -0.2) is 0 Å². The third kappa shape index (κ3) is 3.44. The minimum atomic E-state index is -2.70. The van der Waals surface area contributed by atoms with E-state index < -0.39 is 5.92 Å². The van der Waals surface area contributed by atoms with E-state index >= 15 is 0 Å². The van der Waals surface area contributed by atoms with Crippen molar-refractivity contribution in [2.24, 2.45) is 0 Å². The zero-order valence-electron chi connectivity index (χ0n) is 9.84. The van der Waals surface area contributed by atoms with Gasteiger partial charge in [-0.25, -0.2) is 8.78 Å². The second-order valence-corrected chi connectivity index (χ2v) is 3.84. The summed E-state index contributed by atoms with van der Waals surface area (Å²) < 4.78 is 26.6. The third-order valence-electron chi connectivity index (χ3n) is 2.58. The highest BCUT2D eigenvalue weighted by Crippen LogP contribution is 2.31. The molecule has 0 saturated heterocycles. The van der Waals surface area contributed by atoms with Crippen LogP contribution in [0.5, 0.6) is 0 Å². The molecule has 0 atom stereocenters. The summed E-state index contributed by atoms with van der Waals surface area (Å²) in [5.41, 5.74) is 1.18. The van der Waals surface area contributed by atoms with Crippen molar-refractivity contribution >= 4 is 0 Å². The molecule has 0 heterocycles. The van der Waals surface area contributed by atoms with Crippen molar-refractivity contribution in [2.45, 2.75) is 39.0 Å². The van der Waals surface area contributed by atoms with Crippen molar-refractivity contribution in [3.05, 3.63) is 47.5 Å². The number of alkyl halides is 2. The van der Waals surface area contributed by atoms with Crippen LogP contribution in [0.4, 0.5) is 8.78 Å². The number of benzene rings is 1. The predicted molar refractivity (Wildman–Crippen MR) is 63.8 cm³/mol. The average molecular weight is 224 g/mol. The SMILES string of the molecule is CC/C=C/Cc1ccc(C(F)(F)CC)cc1. The number of hydrogen-bond acceptors (Lipinski definition) is 0. The van der Waals surface area contributed by atoms with Crippen LogP contribution >= 0.6 is 0 Å². The van der Waals surface area contributed by atoms with Crippen LogP contribution in [0.15, 0.2) is 36.4 Å². The van der Waals surface area contributed by atoms with Gasteiger partial charge in [-0.3, -0.25) is 0 Å². The number of rotatable bonds is 5. The molecule has 0 amide bonds. The molecule has 0 saturated carbocycles. The van der Waals surface area contributed by atoms with Crippen molar-refractivity contribution in [3.8, 4) is 0 Å². The van der Waals surface area contributed by atoms with Crippen LogP contribution in [0.2, 0.25) is 0 Å². The summed E-state index contributed by atoms with van der Waals surface area (Å²) in [7, 11) is 0. The molecular formula is C14H18F2. The van der Waals surface area contributed by atoms with E-state index in [1.54, 1.807) is 12.1 Å². The molecule has 0 unspecified atom stereocenters. The van der Waals surface area contributed by atoms with Gasteiger partial charge in [0, 0.05) is 12.0 Å². The fraction of sp³-hybridized carbons (Fsp3) is 0.429. The highest BCUT2D eigenvalue weighted by atomic mass is 19.3. The van der Waals surface area contributed by atoms with E-state index in [0.29, 0.717) is 0 Å². The monoisotopic (exact) mass is 224 g/mol. The molecule has 0 radical (unpaired) electrons. The number of halogens is 2. The van der Waals surface area contributed by atoms with Gasteiger partial charge in [-0.05, 0) is 18.4 Å². The zero-order valence-corrected chi connectivity index (χ0v) is 9.84. The van der Waals surface area contributed by atoms with Crippen LogP contribution in [0.3, 0.4) is 0 Å². The summed E-state index contributed by atoms with van der Waals surface area (Å²) in [5, 5.41) is 0. The van der Waals surface area contributed by atoms with Gasteiger partial charge in [-0.15, -0.1) is 0 Å². The number of allylic oxidation sites excluding steroid dienone is 2. The highest BCUT2D eigenvalue weighted by molar-refractivity contribution is 5.27. The molecule has 16 heavy (non-hydrogen) atoms. The van der Waals surface area contributed by atoms with Gasteiger partial charge >= 0.3 is 0 Å². The highest BCUT2D eigenvalue weighted by Gasteiger charge is 2.28. The summed E-state index contributed by atoms with van der Waals surface area (Å²) in [6.45, 7) is 3.57. The second-order valence-electron chi connectivity index (χ2n) is 3.84. The van der Waals surface area contributed by atoms with Crippen LogP contribution in [0, 0.1) is 0 Å². The molecule has 2 heteroatoms. The molecule has 1 aromatic rings. The Balaban J connectivity index is 2.71. The van der Waals surface area contributed by atoms with Crippen LogP contribution in [0.25, 0.3) is 0 Å². The first-order valence-electron chi connectivity index (χ1n) is 5.72. The molecule has 0 fully saturated rings. The van der Waals surface area contributed by atoms with Crippen LogP contribution in [-0.2, 0) is 12.3 Å². The maximum absolute atomic E-state index is 13.3. The maximum Gasteiger partial charge on any atom is 0.273 e. The normalized spacial score (nSPS) is 12.2. The van der Waals surface area contributed by atoms with Gasteiger partial charge in [0.2, 0.25) is 0 Å². The van der Waals surface area contributed by atoms with E-state index in [9.17, 15) is 8.78 Å². The minimum absolute atomic E-state index is 0.109. The Hall–Kier alpha value is -1.18. The van der Waals surface area contributed by atoms with Gasteiger partial charge in [0.05, 0.1) is 0 Å². The molecule has 88 valence electrons. The molecule has 0 bridgehead atoms. The van der Waals surface area contributed by atoms with Crippen molar-refractivity contribution in [1.29, 1.82) is 0 Å². The summed E-state index contributed by atoms with van der Waals surface area (Å²) in [5.74, 6) is -2.70. The molecular weight excluding hydrogens is 206 g/mol. The first kappa shape index (κ1) is 12.9. The quantitative estimate of drug-likeness (QED) is 0.636. The molecule has 0 nitrogen and oxygen atoms in total. The molecule has 0 aromatic heterocycles. The molecule has 0 aliphatic carbocycles. The van der Waals surface area contributed by atoms with Crippen molar-refractivity contribution in [3.63, 3.8) is 0 Å². The van der Waals surface area contributed by atoms with Gasteiger partial charge in [0.15, 0.2) is 0 Å². The van der Waals surface area contributed by atoms with E-state index in [0.717, 1.165) is 18.4 Å². The van der Waals surface area contributed by atoms with Crippen molar-refractivity contribution < 1.29 is 8.78 Å². The summed E-state index contributed by atoms with van der Waals surface area (Å²) in [6, 6.07) is 6.61. The van der Waals surface area contributed by atoms with Crippen molar-refractivity contribution in [2.75, 3.05) is 0 Å². The Morgan fingerprint density at radius 2 is 1.69 bits per heavy atom. The van der Waals surface area contributed by atoms with E-state index in [1.165, 1.54) is 19.1 Å². The number of hydrogen-bond donors (Lipinski definition) is 0. The first-order chi connectivity index (χ1) is 7.60. The summed E-state index contributed by atoms with van der Waals surface area (Å²) in [6.07, 6.45) is 5.81. The maximum atomic E-state index is 13.3. The summed E-state index contributed by atoms with van der Waals surface area (Å²) >= 11 is 0. The fourth-order valence-electron chi connectivity index (χ4n) is 1.47. The van der Waals surface area contributed by atoms with Gasteiger partial charge in [-0.2, -0.15) is 0 Å². The Morgan fingerprint density at radius 1 is 1.06 bits per heavy atom. The Morgan fingerprint density at radius 3 is 2.19 bits per heavy atom. The third-order valence-corrected chi connectivity index (χ3v) is 2.58. The Labute approximate surface area is 96.0 Å². The molecule has 0 aliphatic rings. The van der Waals surface area contributed by atoms with Crippen LogP contribution < -0.4 is 0 Å². The zero-order chi connectivity index (χ0) is 12.0. The van der Waals surface area contributed by atoms with Gasteiger partial charge in [0.25, 0.3) is 5.92 Å². The van der Waals surface area contributed by atoms with E-state index in [-0.39, 0.29) is 12.0 Å². The average Bonchev–Trinajstić information content (AvgIpc) is 2.30. The van der Waals surface area contributed by atoms with Crippen molar-refractivity contribution in [1.82, 2.24) is 0 Å². The lowest BCUT2D eigenvalue weighted by molar-refractivity contribution is -0.00829. The van der Waals surface area contributed by atoms with Gasteiger partial charge < -0.3 is 0 Å². The smallest absolute Gasteiger partial charge is 0.201 e. The Bertz CT molecular complexity index is 336. The summed E-state index contributed by atoms with van der Waals surface area (Å²) in [4.78, 5) is 0. The fourth-order valence-corrected chi connectivity index (χ4v) is 1.47. The lowest BCUT2D eigenvalue weighted by Gasteiger charge is -2.14. The predicted octanol–water partition coefficient (Wildman–Crippen LogP) is 4.70. The molecule has 1 rings (SSSR count). The molecule has 0 aliphatic heterocycles. The van der Waals surface area contributed by atoms with Gasteiger partial charge in [0.1, 0.15) is 0 Å². The first-order valence-corrected chi connectivity index (χ1v) is 5.72. The van der Waals surface area contributed by atoms with E-state index in [4.69, 9.17) is 0 Å². The Kier molecular flexibility index (Phi) is 4.66. The largest absolute Gasteiger partial charge is 0.273 e. The lowest BCUT2D eigenvalue weighted by Crippen LogP contribution is -2.11.